The molecule has 6 heteroatoms. The first-order chi connectivity index (χ1) is 13.7. The van der Waals surface area contributed by atoms with Gasteiger partial charge in [-0.3, -0.25) is 9.78 Å². The lowest BCUT2D eigenvalue weighted by molar-refractivity contribution is -0.115. The number of fused-ring (bicyclic) bond motifs is 1. The van der Waals surface area contributed by atoms with E-state index in [1.807, 2.05) is 42.6 Å². The van der Waals surface area contributed by atoms with Crippen molar-refractivity contribution < 1.29 is 4.79 Å². The molecule has 1 saturated carbocycles. The Balaban J connectivity index is 1.24. The molecule has 28 heavy (non-hydrogen) atoms. The highest BCUT2D eigenvalue weighted by molar-refractivity contribution is 5.92. The molecular weight excluding hydrogens is 350 g/mol. The fourth-order valence-electron chi connectivity index (χ4n) is 3.32. The first-order valence-electron chi connectivity index (χ1n) is 9.39. The van der Waals surface area contributed by atoms with Crippen LogP contribution >= 0.6 is 0 Å². The Bertz CT molecular complexity index is 1130. The van der Waals surface area contributed by atoms with Gasteiger partial charge in [-0.1, -0.05) is 18.2 Å². The molecule has 138 valence electrons. The van der Waals surface area contributed by atoms with Crippen LogP contribution in [0.15, 0.2) is 67.3 Å². The zero-order valence-corrected chi connectivity index (χ0v) is 15.2. The molecule has 6 nitrogen and oxygen atoms in total. The predicted molar refractivity (Wildman–Crippen MR) is 107 cm³/mol. The van der Waals surface area contributed by atoms with E-state index >= 15 is 0 Å². The molecule has 1 amide bonds. The second-order valence-electron chi connectivity index (χ2n) is 7.14. The number of anilines is 1. The van der Waals surface area contributed by atoms with E-state index in [1.165, 1.54) is 24.7 Å². The number of nitrogens with zero attached hydrogens (tertiary/aromatic N) is 4. The summed E-state index contributed by atoms with van der Waals surface area (Å²) in [7, 11) is 0. The van der Waals surface area contributed by atoms with E-state index in [0.717, 1.165) is 34.1 Å². The van der Waals surface area contributed by atoms with Crippen LogP contribution in [0.25, 0.3) is 16.8 Å². The van der Waals surface area contributed by atoms with E-state index in [-0.39, 0.29) is 12.3 Å². The molecule has 3 aromatic heterocycles. The minimum atomic E-state index is -0.0655. The summed E-state index contributed by atoms with van der Waals surface area (Å²) >= 11 is 0. The highest BCUT2D eigenvalue weighted by Crippen LogP contribution is 2.40. The summed E-state index contributed by atoms with van der Waals surface area (Å²) in [6.45, 7) is 0. The van der Waals surface area contributed by atoms with Crippen LogP contribution in [-0.4, -0.2) is 25.5 Å². The first-order valence-corrected chi connectivity index (χ1v) is 9.39. The van der Waals surface area contributed by atoms with Gasteiger partial charge in [-0.25, -0.2) is 9.50 Å². The normalized spacial score (nSPS) is 13.6. The lowest BCUT2D eigenvalue weighted by atomic mass is 10.1. The maximum atomic E-state index is 12.3. The quantitative estimate of drug-likeness (QED) is 0.580. The molecule has 0 atom stereocenters. The summed E-state index contributed by atoms with van der Waals surface area (Å²) in [5.41, 5.74) is 5.70. The number of hydrogen-bond acceptors (Lipinski definition) is 4. The fourth-order valence-corrected chi connectivity index (χ4v) is 3.32. The lowest BCUT2D eigenvalue weighted by Gasteiger charge is -2.07. The van der Waals surface area contributed by atoms with Gasteiger partial charge in [0.2, 0.25) is 5.91 Å². The predicted octanol–water partition coefficient (Wildman–Crippen LogP) is 3.85. The summed E-state index contributed by atoms with van der Waals surface area (Å²) in [6, 6.07) is 15.9. The van der Waals surface area contributed by atoms with Gasteiger partial charge in [-0.2, -0.15) is 5.10 Å². The molecule has 0 aliphatic heterocycles. The van der Waals surface area contributed by atoms with Gasteiger partial charge in [0.1, 0.15) is 6.33 Å². The van der Waals surface area contributed by atoms with Crippen molar-refractivity contribution in [3.63, 3.8) is 0 Å². The molecular formula is C22H19N5O. The maximum Gasteiger partial charge on any atom is 0.230 e. The Labute approximate surface area is 162 Å². The third kappa shape index (κ3) is 3.49. The molecule has 0 bridgehead atoms. The van der Waals surface area contributed by atoms with Crippen LogP contribution in [-0.2, 0) is 11.2 Å². The number of benzene rings is 1. The molecule has 1 aliphatic carbocycles. The van der Waals surface area contributed by atoms with Crippen molar-refractivity contribution in [2.45, 2.75) is 25.2 Å². The minimum absolute atomic E-state index is 0.0655. The van der Waals surface area contributed by atoms with Crippen molar-refractivity contribution in [3.05, 3.63) is 78.5 Å². The van der Waals surface area contributed by atoms with Gasteiger partial charge in [0.25, 0.3) is 0 Å². The lowest BCUT2D eigenvalue weighted by Crippen LogP contribution is -2.15. The summed E-state index contributed by atoms with van der Waals surface area (Å²) in [6.07, 6.45) is 7.98. The van der Waals surface area contributed by atoms with Crippen molar-refractivity contribution in [1.29, 1.82) is 0 Å². The molecule has 0 unspecified atom stereocenters. The highest BCUT2D eigenvalue weighted by atomic mass is 16.1. The van der Waals surface area contributed by atoms with Crippen LogP contribution < -0.4 is 5.32 Å². The van der Waals surface area contributed by atoms with E-state index in [9.17, 15) is 4.79 Å². The van der Waals surface area contributed by atoms with E-state index in [2.05, 4.69) is 32.5 Å². The molecule has 1 aromatic carbocycles. The second-order valence-corrected chi connectivity index (χ2v) is 7.14. The number of carbonyl (C=O) groups is 1. The zero-order chi connectivity index (χ0) is 18.9. The number of nitrogens with one attached hydrogen (secondary N) is 1. The monoisotopic (exact) mass is 369 g/mol. The molecule has 0 spiro atoms. The summed E-state index contributed by atoms with van der Waals surface area (Å²) in [5.74, 6) is 0.655. The van der Waals surface area contributed by atoms with Gasteiger partial charge >= 0.3 is 0 Å². The van der Waals surface area contributed by atoms with Crippen LogP contribution in [0.4, 0.5) is 5.69 Å². The standard InChI is InChI=1S/C22H19N5O/c28-22(26-19-6-3-16(4-7-19)15-1-2-15)12-20-8-5-18(13-23-20)17-9-10-27-21(11-17)24-14-25-27/h3-11,13-15H,1-2,12H2,(H,26,28). The summed E-state index contributed by atoms with van der Waals surface area (Å²) < 4.78 is 1.72. The average molecular weight is 369 g/mol. The van der Waals surface area contributed by atoms with Crippen molar-refractivity contribution >= 4 is 17.2 Å². The van der Waals surface area contributed by atoms with Crippen molar-refractivity contribution in [2.75, 3.05) is 5.32 Å². The number of carbonyl (C=O) groups excluding carboxylic acids is 1. The third-order valence-electron chi connectivity index (χ3n) is 5.02. The van der Waals surface area contributed by atoms with Gasteiger partial charge in [0, 0.05) is 29.3 Å². The average Bonchev–Trinajstić information content (AvgIpc) is 3.46. The highest BCUT2D eigenvalue weighted by Gasteiger charge is 2.23. The number of aromatic nitrogens is 4. The number of pyridine rings is 2. The van der Waals surface area contributed by atoms with E-state index in [1.54, 1.807) is 10.7 Å². The van der Waals surface area contributed by atoms with Crippen LogP contribution in [0.3, 0.4) is 0 Å². The SMILES string of the molecule is O=C(Cc1ccc(-c2ccn3ncnc3c2)cn1)Nc1ccc(C2CC2)cc1. The summed E-state index contributed by atoms with van der Waals surface area (Å²) in [5, 5.41) is 7.04. The molecule has 1 aliphatic rings. The number of hydrogen-bond donors (Lipinski definition) is 1. The Hall–Kier alpha value is -3.54. The van der Waals surface area contributed by atoms with Crippen molar-refractivity contribution in [2.24, 2.45) is 0 Å². The smallest absolute Gasteiger partial charge is 0.230 e. The topological polar surface area (TPSA) is 72.2 Å². The molecule has 1 fully saturated rings. The molecule has 1 N–H and O–H groups in total. The van der Waals surface area contributed by atoms with Crippen LogP contribution in [0.1, 0.15) is 30.0 Å². The van der Waals surface area contributed by atoms with Crippen molar-refractivity contribution in [3.8, 4) is 11.1 Å². The second kappa shape index (κ2) is 6.88. The van der Waals surface area contributed by atoms with Crippen LogP contribution in [0, 0.1) is 0 Å². The summed E-state index contributed by atoms with van der Waals surface area (Å²) in [4.78, 5) is 21.0. The molecule has 3 heterocycles. The number of amides is 1. The molecule has 0 radical (unpaired) electrons. The fraction of sp³-hybridized carbons (Fsp3) is 0.182. The molecule has 5 rings (SSSR count). The van der Waals surface area contributed by atoms with Gasteiger partial charge in [0.15, 0.2) is 5.65 Å². The molecule has 4 aromatic rings. The van der Waals surface area contributed by atoms with E-state index in [0.29, 0.717) is 0 Å². The van der Waals surface area contributed by atoms with Gasteiger partial charge in [-0.05, 0) is 60.2 Å². The van der Waals surface area contributed by atoms with Gasteiger partial charge in [-0.15, -0.1) is 0 Å². The Morgan fingerprint density at radius 2 is 1.89 bits per heavy atom. The third-order valence-corrected chi connectivity index (χ3v) is 5.02. The van der Waals surface area contributed by atoms with E-state index < -0.39 is 0 Å². The Morgan fingerprint density at radius 3 is 2.64 bits per heavy atom. The molecule has 0 saturated heterocycles. The zero-order valence-electron chi connectivity index (χ0n) is 15.2. The van der Waals surface area contributed by atoms with E-state index in [4.69, 9.17) is 0 Å². The first kappa shape index (κ1) is 16.6. The largest absolute Gasteiger partial charge is 0.326 e. The Kier molecular flexibility index (Phi) is 4.09. The van der Waals surface area contributed by atoms with Crippen molar-refractivity contribution in [1.82, 2.24) is 19.6 Å². The number of rotatable bonds is 5. The van der Waals surface area contributed by atoms with Gasteiger partial charge < -0.3 is 5.32 Å². The minimum Gasteiger partial charge on any atom is -0.326 e. The van der Waals surface area contributed by atoms with Crippen LogP contribution in [0.5, 0.6) is 0 Å². The maximum absolute atomic E-state index is 12.3. The van der Waals surface area contributed by atoms with Gasteiger partial charge in [0.05, 0.1) is 6.42 Å². The Morgan fingerprint density at radius 1 is 1.04 bits per heavy atom. The van der Waals surface area contributed by atoms with Crippen LogP contribution in [0.2, 0.25) is 0 Å².